The number of carbonyl (C=O) groups is 2. The Morgan fingerprint density at radius 2 is 2.00 bits per heavy atom. The smallest absolute Gasteiger partial charge is 0.358 e. The van der Waals surface area contributed by atoms with Crippen LogP contribution in [0.2, 0.25) is 0 Å². The van der Waals surface area contributed by atoms with E-state index < -0.39 is 5.97 Å². The first-order valence-corrected chi connectivity index (χ1v) is 8.31. The molecule has 0 unspecified atom stereocenters. The first-order valence-electron chi connectivity index (χ1n) is 7.50. The number of benzene rings is 1. The highest BCUT2D eigenvalue weighted by atomic mass is 32.1. The quantitative estimate of drug-likeness (QED) is 0.826. The molecule has 0 radical (unpaired) electrons. The topological polar surface area (TPSA) is 68.3 Å². The van der Waals surface area contributed by atoms with Crippen LogP contribution in [-0.2, 0) is 11.2 Å². The lowest BCUT2D eigenvalue weighted by molar-refractivity contribution is 0.0519. The summed E-state index contributed by atoms with van der Waals surface area (Å²) in [5.74, 6) is -0.488. The van der Waals surface area contributed by atoms with Crippen molar-refractivity contribution in [3.8, 4) is 0 Å². The van der Waals surface area contributed by atoms with E-state index >= 15 is 0 Å². The van der Waals surface area contributed by atoms with Gasteiger partial charge in [-0.05, 0) is 32.4 Å². The summed E-state index contributed by atoms with van der Waals surface area (Å²) < 4.78 is 4.97. The summed E-state index contributed by atoms with van der Waals surface area (Å²) in [5, 5.41) is 3.70. The summed E-state index contributed by atoms with van der Waals surface area (Å²) in [4.78, 5) is 29.0. The van der Waals surface area contributed by atoms with E-state index in [0.717, 1.165) is 15.4 Å². The Kier molecular flexibility index (Phi) is 5.87. The molecule has 0 saturated heterocycles. The van der Waals surface area contributed by atoms with E-state index in [2.05, 4.69) is 10.3 Å². The minimum atomic E-state index is -0.392. The molecule has 1 aromatic heterocycles. The molecule has 1 amide bonds. The van der Waals surface area contributed by atoms with Crippen LogP contribution in [0, 0.1) is 13.8 Å². The van der Waals surface area contributed by atoms with Gasteiger partial charge in [0.1, 0.15) is 0 Å². The van der Waals surface area contributed by atoms with Crippen molar-refractivity contribution in [2.45, 2.75) is 27.2 Å². The predicted molar refractivity (Wildman–Crippen MR) is 90.0 cm³/mol. The molecule has 1 heterocycles. The van der Waals surface area contributed by atoms with Crippen LogP contribution in [0.25, 0.3) is 0 Å². The van der Waals surface area contributed by atoms with Gasteiger partial charge in [-0.3, -0.25) is 4.79 Å². The normalized spacial score (nSPS) is 10.4. The maximum absolute atomic E-state index is 12.1. The Morgan fingerprint density at radius 3 is 2.70 bits per heavy atom. The fourth-order valence-electron chi connectivity index (χ4n) is 2.15. The van der Waals surface area contributed by atoms with Gasteiger partial charge in [0.15, 0.2) is 5.69 Å². The van der Waals surface area contributed by atoms with Crippen LogP contribution in [0.4, 0.5) is 0 Å². The zero-order valence-electron chi connectivity index (χ0n) is 13.5. The highest BCUT2D eigenvalue weighted by Crippen LogP contribution is 2.18. The third-order valence-electron chi connectivity index (χ3n) is 3.32. The second kappa shape index (κ2) is 7.87. The fourth-order valence-corrected chi connectivity index (χ4v) is 3.07. The lowest BCUT2D eigenvalue weighted by Gasteiger charge is -2.06. The summed E-state index contributed by atoms with van der Waals surface area (Å²) in [6.45, 7) is 6.33. The molecule has 0 aliphatic carbocycles. The van der Waals surface area contributed by atoms with Crippen molar-refractivity contribution in [3.63, 3.8) is 0 Å². The molecule has 23 heavy (non-hydrogen) atoms. The second-order valence-corrected chi connectivity index (χ2v) is 6.34. The van der Waals surface area contributed by atoms with Crippen molar-refractivity contribution in [1.29, 1.82) is 0 Å². The summed E-state index contributed by atoms with van der Waals surface area (Å²) >= 11 is 1.46. The van der Waals surface area contributed by atoms with Gasteiger partial charge in [-0.15, -0.1) is 11.3 Å². The summed E-state index contributed by atoms with van der Waals surface area (Å²) in [6, 6.07) is 7.46. The number of hydrogen-bond donors (Lipinski definition) is 1. The molecule has 0 spiro atoms. The van der Waals surface area contributed by atoms with Gasteiger partial charge in [0.2, 0.25) is 0 Å². The van der Waals surface area contributed by atoms with Gasteiger partial charge in [-0.2, -0.15) is 0 Å². The highest BCUT2D eigenvalue weighted by Gasteiger charge is 2.16. The number of aromatic nitrogens is 1. The molecular weight excluding hydrogens is 312 g/mol. The van der Waals surface area contributed by atoms with Crippen molar-refractivity contribution >= 4 is 23.2 Å². The van der Waals surface area contributed by atoms with E-state index in [4.69, 9.17) is 4.74 Å². The van der Waals surface area contributed by atoms with Crippen molar-refractivity contribution in [2.75, 3.05) is 13.2 Å². The summed E-state index contributed by atoms with van der Waals surface area (Å²) in [5.41, 5.74) is 1.99. The maximum Gasteiger partial charge on any atom is 0.358 e. The minimum absolute atomic E-state index is 0.0954. The molecule has 0 aliphatic heterocycles. The van der Waals surface area contributed by atoms with E-state index in [-0.39, 0.29) is 5.91 Å². The lowest BCUT2D eigenvalue weighted by atomic mass is 10.1. The third-order valence-corrected chi connectivity index (χ3v) is 4.35. The van der Waals surface area contributed by atoms with Crippen LogP contribution >= 0.6 is 11.3 Å². The molecule has 122 valence electrons. The monoisotopic (exact) mass is 332 g/mol. The van der Waals surface area contributed by atoms with Crippen LogP contribution in [0.3, 0.4) is 0 Å². The summed E-state index contributed by atoms with van der Waals surface area (Å²) in [6.07, 6.45) is 0.586. The van der Waals surface area contributed by atoms with Gasteiger partial charge in [-0.1, -0.05) is 18.2 Å². The largest absolute Gasteiger partial charge is 0.461 e. The fraction of sp³-hybridized carbons (Fsp3) is 0.353. The van der Waals surface area contributed by atoms with Gasteiger partial charge in [0, 0.05) is 23.4 Å². The van der Waals surface area contributed by atoms with Gasteiger partial charge < -0.3 is 10.1 Å². The first-order chi connectivity index (χ1) is 11.0. The Balaban J connectivity index is 1.92. The number of esters is 1. The number of rotatable bonds is 6. The third kappa shape index (κ3) is 4.39. The van der Waals surface area contributed by atoms with Gasteiger partial charge in [0.05, 0.1) is 11.6 Å². The molecule has 5 nitrogen and oxygen atoms in total. The molecule has 0 bridgehead atoms. The Hall–Kier alpha value is -2.21. The molecule has 1 aromatic carbocycles. The molecular formula is C17H20N2O3S. The zero-order valence-corrected chi connectivity index (χ0v) is 14.3. The molecule has 2 rings (SSSR count). The van der Waals surface area contributed by atoms with E-state index in [1.807, 2.05) is 32.0 Å². The molecule has 0 atom stereocenters. The van der Waals surface area contributed by atoms with Crippen LogP contribution in [0.5, 0.6) is 0 Å². The van der Waals surface area contributed by atoms with Crippen molar-refractivity contribution < 1.29 is 14.3 Å². The minimum Gasteiger partial charge on any atom is -0.461 e. The second-order valence-electron chi connectivity index (χ2n) is 5.05. The van der Waals surface area contributed by atoms with E-state index in [1.165, 1.54) is 11.3 Å². The van der Waals surface area contributed by atoms with Crippen molar-refractivity contribution in [1.82, 2.24) is 10.3 Å². The van der Waals surface area contributed by atoms with Gasteiger partial charge in [-0.25, -0.2) is 9.78 Å². The first kappa shape index (κ1) is 17.1. The van der Waals surface area contributed by atoms with Crippen LogP contribution in [0.15, 0.2) is 24.3 Å². The van der Waals surface area contributed by atoms with Gasteiger partial charge >= 0.3 is 5.97 Å². The number of amides is 1. The number of nitrogens with one attached hydrogen (secondary N) is 1. The number of carbonyl (C=O) groups excluding carboxylic acids is 2. The molecule has 2 aromatic rings. The molecule has 6 heteroatoms. The SMILES string of the molecule is CCOC(=O)c1nc(CCNC(=O)c2ccccc2C)sc1C. The number of nitrogens with zero attached hydrogens (tertiary/aromatic N) is 1. The average Bonchev–Trinajstić information content (AvgIpc) is 2.89. The van der Waals surface area contributed by atoms with E-state index in [9.17, 15) is 9.59 Å². The van der Waals surface area contributed by atoms with Gasteiger partial charge in [0.25, 0.3) is 5.91 Å². The van der Waals surface area contributed by atoms with E-state index in [1.54, 1.807) is 13.0 Å². The van der Waals surface area contributed by atoms with Crippen LogP contribution in [-0.4, -0.2) is 30.0 Å². The molecule has 0 saturated carbocycles. The number of thiazole rings is 1. The van der Waals surface area contributed by atoms with Crippen molar-refractivity contribution in [2.24, 2.45) is 0 Å². The molecule has 0 aliphatic rings. The molecule has 1 N–H and O–H groups in total. The number of ether oxygens (including phenoxy) is 1. The Morgan fingerprint density at radius 1 is 1.26 bits per heavy atom. The lowest BCUT2D eigenvalue weighted by Crippen LogP contribution is -2.26. The van der Waals surface area contributed by atoms with E-state index in [0.29, 0.717) is 30.8 Å². The van der Waals surface area contributed by atoms with Crippen LogP contribution in [0.1, 0.15) is 43.2 Å². The predicted octanol–water partition coefficient (Wildman–Crippen LogP) is 2.91. The Bertz CT molecular complexity index is 710. The number of aryl methyl sites for hydroxylation is 2. The number of hydrogen-bond acceptors (Lipinski definition) is 5. The van der Waals surface area contributed by atoms with Crippen molar-refractivity contribution in [3.05, 3.63) is 51.0 Å². The maximum atomic E-state index is 12.1. The zero-order chi connectivity index (χ0) is 16.8. The van der Waals surface area contributed by atoms with Crippen LogP contribution < -0.4 is 5.32 Å². The standard InChI is InChI=1S/C17H20N2O3S/c1-4-22-17(21)15-12(3)23-14(19-15)9-10-18-16(20)13-8-6-5-7-11(13)2/h5-8H,4,9-10H2,1-3H3,(H,18,20). The molecule has 0 fully saturated rings. The Labute approximate surface area is 139 Å². The highest BCUT2D eigenvalue weighted by molar-refractivity contribution is 7.11. The summed E-state index contributed by atoms with van der Waals surface area (Å²) in [7, 11) is 0. The average molecular weight is 332 g/mol.